The largest absolute Gasteiger partial charge is 0.497 e. The van der Waals surface area contributed by atoms with Gasteiger partial charge in [-0.15, -0.1) is 0 Å². The highest BCUT2D eigenvalue weighted by Gasteiger charge is 2.24. The molecule has 19 heavy (non-hydrogen) atoms. The Morgan fingerprint density at radius 3 is 2.47 bits per heavy atom. The van der Waals surface area contributed by atoms with Crippen molar-refractivity contribution in [1.82, 2.24) is 5.32 Å². The summed E-state index contributed by atoms with van der Waals surface area (Å²) in [5, 5.41) is 12.4. The fourth-order valence-electron chi connectivity index (χ4n) is 2.41. The molecule has 0 unspecified atom stereocenters. The number of ether oxygens (including phenoxy) is 1. The highest BCUT2D eigenvalue weighted by Crippen LogP contribution is 2.24. The third-order valence-electron chi connectivity index (χ3n) is 3.69. The van der Waals surface area contributed by atoms with Gasteiger partial charge in [-0.05, 0) is 43.4 Å². The van der Waals surface area contributed by atoms with E-state index < -0.39 is 0 Å². The molecule has 0 aromatic heterocycles. The van der Waals surface area contributed by atoms with Gasteiger partial charge in [0.05, 0.1) is 13.2 Å². The second-order valence-electron chi connectivity index (χ2n) is 5.07. The van der Waals surface area contributed by atoms with Gasteiger partial charge in [0.25, 0.3) is 0 Å². The Hall–Kier alpha value is -1.55. The lowest BCUT2D eigenvalue weighted by Crippen LogP contribution is -2.33. The van der Waals surface area contributed by atoms with Crippen LogP contribution in [0.3, 0.4) is 0 Å². The molecular weight excluding hydrogens is 242 g/mol. The van der Waals surface area contributed by atoms with Crippen LogP contribution in [0.5, 0.6) is 5.75 Å². The van der Waals surface area contributed by atoms with Crippen LogP contribution in [0.25, 0.3) is 0 Å². The predicted octanol–water partition coefficient (Wildman–Crippen LogP) is 1.86. The molecule has 0 bridgehead atoms. The molecule has 104 valence electrons. The zero-order valence-electron chi connectivity index (χ0n) is 11.3. The van der Waals surface area contributed by atoms with E-state index in [0.717, 1.165) is 37.0 Å². The standard InChI is InChI=1S/C15H21NO3/c1-19-14-8-2-11(3-9-14)10-16-15(18)12-4-6-13(17)7-5-12/h2-3,8-9,12-13,17H,4-7,10H2,1H3,(H,16,18)/t12-,13-. The number of carbonyl (C=O) groups is 1. The van der Waals surface area contributed by atoms with Gasteiger partial charge in [-0.25, -0.2) is 0 Å². The summed E-state index contributed by atoms with van der Waals surface area (Å²) < 4.78 is 5.09. The summed E-state index contributed by atoms with van der Waals surface area (Å²) in [6.07, 6.45) is 2.83. The molecule has 0 radical (unpaired) electrons. The molecule has 1 aliphatic carbocycles. The lowest BCUT2D eigenvalue weighted by molar-refractivity contribution is -0.126. The van der Waals surface area contributed by atoms with Crippen molar-refractivity contribution in [3.05, 3.63) is 29.8 Å². The van der Waals surface area contributed by atoms with Crippen LogP contribution < -0.4 is 10.1 Å². The van der Waals surface area contributed by atoms with Crippen LogP contribution in [-0.2, 0) is 11.3 Å². The van der Waals surface area contributed by atoms with E-state index in [0.29, 0.717) is 6.54 Å². The molecule has 1 amide bonds. The van der Waals surface area contributed by atoms with Gasteiger partial charge in [-0.2, -0.15) is 0 Å². The maximum atomic E-state index is 12.0. The van der Waals surface area contributed by atoms with Crippen molar-refractivity contribution in [2.75, 3.05) is 7.11 Å². The third kappa shape index (κ3) is 3.96. The first-order valence-corrected chi connectivity index (χ1v) is 6.77. The average molecular weight is 263 g/mol. The Kier molecular flexibility index (Phi) is 4.80. The topological polar surface area (TPSA) is 58.6 Å². The first kappa shape index (κ1) is 13.9. The second kappa shape index (κ2) is 6.57. The van der Waals surface area contributed by atoms with Crippen molar-refractivity contribution >= 4 is 5.91 Å². The number of hydrogen-bond donors (Lipinski definition) is 2. The number of aliphatic hydroxyl groups is 1. The van der Waals surface area contributed by atoms with Crippen LogP contribution in [0.1, 0.15) is 31.2 Å². The van der Waals surface area contributed by atoms with E-state index in [1.807, 2.05) is 24.3 Å². The number of methoxy groups -OCH3 is 1. The summed E-state index contributed by atoms with van der Waals surface area (Å²) in [6.45, 7) is 0.544. The summed E-state index contributed by atoms with van der Waals surface area (Å²) in [6, 6.07) is 7.67. The molecule has 0 spiro atoms. The Morgan fingerprint density at radius 1 is 1.26 bits per heavy atom. The molecule has 2 rings (SSSR count). The Morgan fingerprint density at radius 2 is 1.89 bits per heavy atom. The van der Waals surface area contributed by atoms with Crippen LogP contribution in [0.15, 0.2) is 24.3 Å². The van der Waals surface area contributed by atoms with Crippen LogP contribution in [-0.4, -0.2) is 24.2 Å². The molecule has 4 nitrogen and oxygen atoms in total. The van der Waals surface area contributed by atoms with Crippen molar-refractivity contribution in [3.63, 3.8) is 0 Å². The summed E-state index contributed by atoms with van der Waals surface area (Å²) >= 11 is 0. The maximum Gasteiger partial charge on any atom is 0.223 e. The van der Waals surface area contributed by atoms with Gasteiger partial charge in [0.1, 0.15) is 5.75 Å². The molecule has 0 heterocycles. The Balaban J connectivity index is 1.79. The molecule has 1 aromatic rings. The highest BCUT2D eigenvalue weighted by molar-refractivity contribution is 5.78. The van der Waals surface area contributed by atoms with E-state index in [1.165, 1.54) is 0 Å². The minimum atomic E-state index is -0.217. The first-order chi connectivity index (χ1) is 9.19. The van der Waals surface area contributed by atoms with Crippen molar-refractivity contribution in [3.8, 4) is 5.75 Å². The third-order valence-corrected chi connectivity index (χ3v) is 3.69. The van der Waals surface area contributed by atoms with E-state index in [1.54, 1.807) is 7.11 Å². The van der Waals surface area contributed by atoms with E-state index >= 15 is 0 Å². The van der Waals surface area contributed by atoms with E-state index in [-0.39, 0.29) is 17.9 Å². The minimum Gasteiger partial charge on any atom is -0.497 e. The minimum absolute atomic E-state index is 0.0571. The van der Waals surface area contributed by atoms with Crippen molar-refractivity contribution in [1.29, 1.82) is 0 Å². The number of amides is 1. The van der Waals surface area contributed by atoms with Crippen LogP contribution in [0, 0.1) is 5.92 Å². The first-order valence-electron chi connectivity index (χ1n) is 6.77. The average Bonchev–Trinajstić information content (AvgIpc) is 2.46. The molecule has 1 aromatic carbocycles. The number of rotatable bonds is 4. The number of benzene rings is 1. The molecule has 1 fully saturated rings. The summed E-state index contributed by atoms with van der Waals surface area (Å²) in [5.41, 5.74) is 1.06. The normalized spacial score (nSPS) is 22.8. The smallest absolute Gasteiger partial charge is 0.223 e. The quantitative estimate of drug-likeness (QED) is 0.871. The van der Waals surface area contributed by atoms with E-state index in [2.05, 4.69) is 5.32 Å². The maximum absolute atomic E-state index is 12.0. The molecule has 1 aliphatic rings. The van der Waals surface area contributed by atoms with Gasteiger partial charge >= 0.3 is 0 Å². The monoisotopic (exact) mass is 263 g/mol. The van der Waals surface area contributed by atoms with E-state index in [9.17, 15) is 9.90 Å². The fourth-order valence-corrected chi connectivity index (χ4v) is 2.41. The molecule has 0 atom stereocenters. The van der Waals surface area contributed by atoms with Gasteiger partial charge in [0, 0.05) is 12.5 Å². The second-order valence-corrected chi connectivity index (χ2v) is 5.07. The summed E-state index contributed by atoms with van der Waals surface area (Å²) in [5.74, 6) is 0.973. The highest BCUT2D eigenvalue weighted by atomic mass is 16.5. The molecular formula is C15H21NO3. The summed E-state index contributed by atoms with van der Waals surface area (Å²) in [4.78, 5) is 12.0. The van der Waals surface area contributed by atoms with E-state index in [4.69, 9.17) is 4.74 Å². The molecule has 1 saturated carbocycles. The van der Waals surface area contributed by atoms with Crippen LogP contribution in [0.4, 0.5) is 0 Å². The van der Waals surface area contributed by atoms with Crippen molar-refractivity contribution < 1.29 is 14.6 Å². The zero-order valence-corrected chi connectivity index (χ0v) is 11.3. The number of carbonyl (C=O) groups excluding carboxylic acids is 1. The van der Waals surface area contributed by atoms with Gasteiger partial charge in [-0.3, -0.25) is 4.79 Å². The molecule has 4 heteroatoms. The molecule has 0 aliphatic heterocycles. The SMILES string of the molecule is COc1ccc(CNC(=O)[C@H]2CC[C@H](O)CC2)cc1. The van der Waals surface area contributed by atoms with Crippen LogP contribution >= 0.6 is 0 Å². The number of hydrogen-bond acceptors (Lipinski definition) is 3. The Labute approximate surface area is 113 Å². The van der Waals surface area contributed by atoms with Gasteiger partial charge in [-0.1, -0.05) is 12.1 Å². The lowest BCUT2D eigenvalue weighted by Gasteiger charge is -2.24. The Bertz CT molecular complexity index is 408. The van der Waals surface area contributed by atoms with Gasteiger partial charge in [0.15, 0.2) is 0 Å². The van der Waals surface area contributed by atoms with Crippen LogP contribution in [0.2, 0.25) is 0 Å². The van der Waals surface area contributed by atoms with Crippen molar-refractivity contribution in [2.24, 2.45) is 5.92 Å². The molecule has 0 saturated heterocycles. The summed E-state index contributed by atoms with van der Waals surface area (Å²) in [7, 11) is 1.63. The van der Waals surface area contributed by atoms with Gasteiger partial charge in [0.2, 0.25) is 5.91 Å². The zero-order chi connectivity index (χ0) is 13.7. The fraction of sp³-hybridized carbons (Fsp3) is 0.533. The number of aliphatic hydroxyl groups excluding tert-OH is 1. The number of nitrogens with one attached hydrogen (secondary N) is 1. The predicted molar refractivity (Wildman–Crippen MR) is 72.8 cm³/mol. The molecule has 2 N–H and O–H groups in total. The van der Waals surface area contributed by atoms with Gasteiger partial charge < -0.3 is 15.2 Å². The lowest BCUT2D eigenvalue weighted by atomic mass is 9.87. The van der Waals surface area contributed by atoms with Crippen molar-refractivity contribution in [2.45, 2.75) is 38.3 Å².